The molecule has 0 fully saturated rings. The van der Waals surface area contributed by atoms with Gasteiger partial charge in [-0.3, -0.25) is 0 Å². The van der Waals surface area contributed by atoms with Gasteiger partial charge in [0.05, 0.1) is 12.1 Å². The van der Waals surface area contributed by atoms with Crippen LogP contribution in [0.25, 0.3) is 0 Å². The molecule has 3 nitrogen and oxygen atoms in total. The second-order valence-corrected chi connectivity index (χ2v) is 5.65. The summed E-state index contributed by atoms with van der Waals surface area (Å²) in [5.74, 6) is 1.17. The molecular weight excluding hydrogens is 321 g/mol. The average molecular weight is 340 g/mol. The van der Waals surface area contributed by atoms with Crippen LogP contribution in [0.4, 0.5) is 0 Å². The average Bonchev–Trinajstić information content (AvgIpc) is 2.51. The Labute approximate surface area is 141 Å². The molecule has 2 aromatic carbocycles. The van der Waals surface area contributed by atoms with Crippen molar-refractivity contribution in [2.45, 2.75) is 20.1 Å². The standard InChI is InChI=1S/C17H19Cl2NO2/c1-3-20-10-13-8-15(19)17(16(9-13)21-2)22-11-12-5-4-6-14(18)7-12/h4-9,20H,3,10-11H2,1-2H3. The zero-order valence-electron chi connectivity index (χ0n) is 12.7. The molecule has 22 heavy (non-hydrogen) atoms. The molecule has 0 atom stereocenters. The Bertz CT molecular complexity index is 632. The molecule has 118 valence electrons. The van der Waals surface area contributed by atoms with Gasteiger partial charge in [0.15, 0.2) is 11.5 Å². The van der Waals surface area contributed by atoms with E-state index in [-0.39, 0.29) is 0 Å². The Morgan fingerprint density at radius 3 is 2.59 bits per heavy atom. The van der Waals surface area contributed by atoms with Crippen molar-refractivity contribution < 1.29 is 9.47 Å². The quantitative estimate of drug-likeness (QED) is 0.793. The van der Waals surface area contributed by atoms with Crippen molar-refractivity contribution in [3.8, 4) is 11.5 Å². The van der Waals surface area contributed by atoms with E-state index in [1.54, 1.807) is 7.11 Å². The molecule has 0 aliphatic carbocycles. The van der Waals surface area contributed by atoms with Gasteiger partial charge in [-0.25, -0.2) is 0 Å². The molecule has 0 aliphatic rings. The first-order valence-electron chi connectivity index (χ1n) is 7.08. The third-order valence-electron chi connectivity index (χ3n) is 3.14. The van der Waals surface area contributed by atoms with E-state index in [0.717, 1.165) is 24.2 Å². The topological polar surface area (TPSA) is 30.5 Å². The van der Waals surface area contributed by atoms with Gasteiger partial charge in [-0.15, -0.1) is 0 Å². The lowest BCUT2D eigenvalue weighted by Gasteiger charge is -2.14. The summed E-state index contributed by atoms with van der Waals surface area (Å²) in [7, 11) is 1.61. The molecule has 2 rings (SSSR count). The summed E-state index contributed by atoms with van der Waals surface area (Å²) >= 11 is 12.3. The highest BCUT2D eigenvalue weighted by Gasteiger charge is 2.12. The summed E-state index contributed by atoms with van der Waals surface area (Å²) in [4.78, 5) is 0. The van der Waals surface area contributed by atoms with Crippen LogP contribution in [0.3, 0.4) is 0 Å². The molecule has 0 aromatic heterocycles. The number of nitrogens with one attached hydrogen (secondary N) is 1. The molecule has 1 N–H and O–H groups in total. The van der Waals surface area contributed by atoms with E-state index in [1.165, 1.54) is 0 Å². The number of ether oxygens (including phenoxy) is 2. The fraction of sp³-hybridized carbons (Fsp3) is 0.294. The summed E-state index contributed by atoms with van der Waals surface area (Å²) in [6, 6.07) is 11.3. The van der Waals surface area contributed by atoms with E-state index in [4.69, 9.17) is 32.7 Å². The van der Waals surface area contributed by atoms with Crippen LogP contribution in [0.5, 0.6) is 11.5 Å². The first-order valence-corrected chi connectivity index (χ1v) is 7.84. The third kappa shape index (κ3) is 4.54. The zero-order chi connectivity index (χ0) is 15.9. The van der Waals surface area contributed by atoms with Crippen molar-refractivity contribution in [2.75, 3.05) is 13.7 Å². The van der Waals surface area contributed by atoms with Gasteiger partial charge in [-0.1, -0.05) is 42.3 Å². The van der Waals surface area contributed by atoms with Crippen molar-refractivity contribution in [3.63, 3.8) is 0 Å². The molecule has 0 saturated carbocycles. The minimum atomic E-state index is 0.378. The molecule has 0 amide bonds. The minimum absolute atomic E-state index is 0.378. The number of benzene rings is 2. The maximum Gasteiger partial charge on any atom is 0.180 e. The highest BCUT2D eigenvalue weighted by molar-refractivity contribution is 6.32. The summed E-state index contributed by atoms with van der Waals surface area (Å²) in [5, 5.41) is 4.47. The lowest BCUT2D eigenvalue weighted by atomic mass is 10.2. The van der Waals surface area contributed by atoms with E-state index >= 15 is 0 Å². The van der Waals surface area contributed by atoms with Crippen molar-refractivity contribution in [1.82, 2.24) is 5.32 Å². The molecular formula is C17H19Cl2NO2. The van der Waals surface area contributed by atoms with Crippen molar-refractivity contribution in [2.24, 2.45) is 0 Å². The van der Waals surface area contributed by atoms with Crippen molar-refractivity contribution in [1.29, 1.82) is 0 Å². The second-order valence-electron chi connectivity index (χ2n) is 4.81. The van der Waals surface area contributed by atoms with E-state index in [1.807, 2.05) is 36.4 Å². The fourth-order valence-corrected chi connectivity index (χ4v) is 2.57. The van der Waals surface area contributed by atoms with Gasteiger partial charge in [0, 0.05) is 11.6 Å². The highest BCUT2D eigenvalue weighted by Crippen LogP contribution is 2.37. The van der Waals surface area contributed by atoms with E-state index in [9.17, 15) is 0 Å². The van der Waals surface area contributed by atoms with Crippen LogP contribution < -0.4 is 14.8 Å². The van der Waals surface area contributed by atoms with Crippen LogP contribution in [0.2, 0.25) is 10.0 Å². The Morgan fingerprint density at radius 1 is 1.09 bits per heavy atom. The normalized spacial score (nSPS) is 10.5. The maximum absolute atomic E-state index is 6.33. The Morgan fingerprint density at radius 2 is 1.91 bits per heavy atom. The molecule has 0 unspecified atom stereocenters. The molecule has 0 radical (unpaired) electrons. The lowest BCUT2D eigenvalue weighted by molar-refractivity contribution is 0.284. The van der Waals surface area contributed by atoms with Gasteiger partial charge in [-0.05, 0) is 41.9 Å². The molecule has 0 bridgehead atoms. The number of hydrogen-bond acceptors (Lipinski definition) is 3. The van der Waals surface area contributed by atoms with Gasteiger partial charge in [0.2, 0.25) is 0 Å². The van der Waals surface area contributed by atoms with Crippen molar-refractivity contribution in [3.05, 3.63) is 57.6 Å². The van der Waals surface area contributed by atoms with Crippen molar-refractivity contribution >= 4 is 23.2 Å². The molecule has 0 aliphatic heterocycles. The maximum atomic E-state index is 6.33. The molecule has 0 spiro atoms. The Balaban J connectivity index is 2.15. The smallest absolute Gasteiger partial charge is 0.180 e. The number of methoxy groups -OCH3 is 1. The largest absolute Gasteiger partial charge is 0.493 e. The van der Waals surface area contributed by atoms with Crippen LogP contribution in [0.1, 0.15) is 18.1 Å². The van der Waals surface area contributed by atoms with E-state index in [2.05, 4.69) is 12.2 Å². The first-order chi connectivity index (χ1) is 10.6. The molecule has 0 heterocycles. The zero-order valence-corrected chi connectivity index (χ0v) is 14.2. The van der Waals surface area contributed by atoms with Gasteiger partial charge in [0.25, 0.3) is 0 Å². The van der Waals surface area contributed by atoms with E-state index in [0.29, 0.717) is 28.2 Å². The number of halogens is 2. The Hall–Kier alpha value is -1.42. The summed E-state index contributed by atoms with van der Waals surface area (Å²) in [6.45, 7) is 4.07. The molecule has 2 aromatic rings. The predicted octanol–water partition coefficient (Wildman–Crippen LogP) is 4.69. The SMILES string of the molecule is CCNCc1cc(Cl)c(OCc2cccc(Cl)c2)c(OC)c1. The number of rotatable bonds is 7. The second kappa shape index (κ2) is 8.28. The monoisotopic (exact) mass is 339 g/mol. The van der Waals surface area contributed by atoms with Crippen LogP contribution in [0, 0.1) is 0 Å². The first kappa shape index (κ1) is 16.9. The number of hydrogen-bond donors (Lipinski definition) is 1. The summed E-state index contributed by atoms with van der Waals surface area (Å²) in [5.41, 5.74) is 2.03. The van der Waals surface area contributed by atoms with Gasteiger partial charge >= 0.3 is 0 Å². The summed E-state index contributed by atoms with van der Waals surface area (Å²) < 4.78 is 11.2. The Kier molecular flexibility index (Phi) is 6.37. The van der Waals surface area contributed by atoms with Gasteiger partial charge < -0.3 is 14.8 Å². The van der Waals surface area contributed by atoms with Crippen LogP contribution in [-0.2, 0) is 13.2 Å². The molecule has 0 saturated heterocycles. The molecule has 5 heteroatoms. The summed E-state index contributed by atoms with van der Waals surface area (Å²) in [6.07, 6.45) is 0. The fourth-order valence-electron chi connectivity index (χ4n) is 2.07. The van der Waals surface area contributed by atoms with Crippen LogP contribution in [-0.4, -0.2) is 13.7 Å². The van der Waals surface area contributed by atoms with Gasteiger partial charge in [0.1, 0.15) is 6.61 Å². The third-order valence-corrected chi connectivity index (χ3v) is 3.66. The van der Waals surface area contributed by atoms with Crippen LogP contribution in [0.15, 0.2) is 36.4 Å². The van der Waals surface area contributed by atoms with Gasteiger partial charge in [-0.2, -0.15) is 0 Å². The predicted molar refractivity (Wildman–Crippen MR) is 91.2 cm³/mol. The van der Waals surface area contributed by atoms with Crippen LogP contribution >= 0.6 is 23.2 Å². The lowest BCUT2D eigenvalue weighted by Crippen LogP contribution is -2.12. The highest BCUT2D eigenvalue weighted by atomic mass is 35.5. The minimum Gasteiger partial charge on any atom is -0.493 e. The van der Waals surface area contributed by atoms with E-state index < -0.39 is 0 Å².